The van der Waals surface area contributed by atoms with Crippen LogP contribution in [0.15, 0.2) is 30.3 Å². The number of hydrogen-bond donors (Lipinski definition) is 1. The van der Waals surface area contributed by atoms with E-state index in [2.05, 4.69) is 39.8 Å². The Balaban J connectivity index is 1.92. The number of para-hydroxylation sites is 2. The average Bonchev–Trinajstić information content (AvgIpc) is 3.00. The highest BCUT2D eigenvalue weighted by atomic mass is 16.5. The Kier molecular flexibility index (Phi) is 5.14. The number of nitrogens with one attached hydrogen (secondary N) is 1. The molecule has 0 radical (unpaired) electrons. The van der Waals surface area contributed by atoms with E-state index in [1.165, 1.54) is 0 Å². The van der Waals surface area contributed by atoms with Gasteiger partial charge in [0, 0.05) is 19.7 Å². The fourth-order valence-electron chi connectivity index (χ4n) is 2.89. The second-order valence-corrected chi connectivity index (χ2v) is 5.71. The summed E-state index contributed by atoms with van der Waals surface area (Å²) in [5.74, 6) is 2.72. The molecule has 7 heteroatoms. The van der Waals surface area contributed by atoms with Gasteiger partial charge in [0.05, 0.1) is 24.2 Å². The molecule has 132 valence electrons. The molecule has 25 heavy (non-hydrogen) atoms. The first-order chi connectivity index (χ1) is 12.2. The van der Waals surface area contributed by atoms with Gasteiger partial charge in [0.2, 0.25) is 5.88 Å². The maximum atomic E-state index is 5.25. The summed E-state index contributed by atoms with van der Waals surface area (Å²) < 4.78 is 12.6. The van der Waals surface area contributed by atoms with Crippen molar-refractivity contribution in [2.24, 2.45) is 0 Å². The SMILES string of the molecule is CCn1c(C(C)Nc2cc(OC)nc(COC)n2)nc2ccccc21. The minimum absolute atomic E-state index is 0.0256. The van der Waals surface area contributed by atoms with Crippen molar-refractivity contribution in [2.75, 3.05) is 19.5 Å². The molecule has 0 saturated carbocycles. The van der Waals surface area contributed by atoms with Crippen molar-refractivity contribution in [3.8, 4) is 5.88 Å². The van der Waals surface area contributed by atoms with E-state index in [4.69, 9.17) is 14.5 Å². The van der Waals surface area contributed by atoms with Crippen LogP contribution in [0.5, 0.6) is 5.88 Å². The maximum absolute atomic E-state index is 5.25. The van der Waals surface area contributed by atoms with Gasteiger partial charge in [0.15, 0.2) is 5.82 Å². The van der Waals surface area contributed by atoms with Crippen LogP contribution >= 0.6 is 0 Å². The van der Waals surface area contributed by atoms with Crippen molar-refractivity contribution in [1.29, 1.82) is 0 Å². The van der Waals surface area contributed by atoms with Crippen molar-refractivity contribution in [1.82, 2.24) is 19.5 Å². The van der Waals surface area contributed by atoms with Crippen LogP contribution in [0.1, 0.15) is 31.5 Å². The standard InChI is InChI=1S/C18H23N5O2/c1-5-23-14-9-7-6-8-13(14)20-18(23)12(2)19-15-10-17(25-4)22-16(21-15)11-24-3/h6-10,12H,5,11H2,1-4H3,(H,19,21,22). The number of aryl methyl sites for hydroxylation is 1. The molecule has 0 aliphatic heterocycles. The molecule has 0 fully saturated rings. The van der Waals surface area contributed by atoms with E-state index in [1.807, 2.05) is 18.2 Å². The van der Waals surface area contributed by atoms with Gasteiger partial charge in [-0.3, -0.25) is 0 Å². The molecule has 2 heterocycles. The van der Waals surface area contributed by atoms with Crippen LogP contribution in [0.4, 0.5) is 5.82 Å². The zero-order chi connectivity index (χ0) is 17.8. The summed E-state index contributed by atoms with van der Waals surface area (Å²) in [7, 11) is 3.20. The molecule has 1 aromatic carbocycles. The fourth-order valence-corrected chi connectivity index (χ4v) is 2.89. The number of rotatable bonds is 7. The van der Waals surface area contributed by atoms with Crippen LogP contribution in [-0.4, -0.2) is 33.7 Å². The Morgan fingerprint density at radius 1 is 1.16 bits per heavy atom. The minimum atomic E-state index is -0.0256. The van der Waals surface area contributed by atoms with E-state index in [0.29, 0.717) is 24.1 Å². The van der Waals surface area contributed by atoms with E-state index >= 15 is 0 Å². The zero-order valence-corrected chi connectivity index (χ0v) is 15.0. The Hall–Kier alpha value is -2.67. The van der Waals surface area contributed by atoms with Crippen molar-refractivity contribution < 1.29 is 9.47 Å². The number of aromatic nitrogens is 4. The number of ether oxygens (including phenoxy) is 2. The summed E-state index contributed by atoms with van der Waals surface area (Å²) in [6.45, 7) is 5.37. The Morgan fingerprint density at radius 2 is 1.96 bits per heavy atom. The zero-order valence-electron chi connectivity index (χ0n) is 15.0. The van der Waals surface area contributed by atoms with Crippen LogP contribution in [0.25, 0.3) is 11.0 Å². The van der Waals surface area contributed by atoms with Gasteiger partial charge >= 0.3 is 0 Å². The van der Waals surface area contributed by atoms with Crippen LogP contribution in [0.2, 0.25) is 0 Å². The summed E-state index contributed by atoms with van der Waals surface area (Å²) in [4.78, 5) is 13.5. The molecular weight excluding hydrogens is 318 g/mol. The summed E-state index contributed by atoms with van der Waals surface area (Å²) in [5, 5.41) is 3.40. The van der Waals surface area contributed by atoms with Crippen LogP contribution in [-0.2, 0) is 17.9 Å². The number of imidazole rings is 1. The molecule has 1 unspecified atom stereocenters. The van der Waals surface area contributed by atoms with Gasteiger partial charge in [-0.15, -0.1) is 0 Å². The average molecular weight is 341 g/mol. The normalized spacial score (nSPS) is 12.3. The van der Waals surface area contributed by atoms with Crippen molar-refractivity contribution >= 4 is 16.9 Å². The monoisotopic (exact) mass is 341 g/mol. The number of nitrogens with zero attached hydrogens (tertiary/aromatic N) is 4. The quantitative estimate of drug-likeness (QED) is 0.711. The van der Waals surface area contributed by atoms with Crippen molar-refractivity contribution in [3.05, 3.63) is 42.0 Å². The third-order valence-electron chi connectivity index (χ3n) is 3.98. The molecule has 2 aromatic heterocycles. The van der Waals surface area contributed by atoms with Gasteiger partial charge < -0.3 is 19.4 Å². The number of anilines is 1. The molecular formula is C18H23N5O2. The lowest BCUT2D eigenvalue weighted by molar-refractivity contribution is 0.177. The highest BCUT2D eigenvalue weighted by Crippen LogP contribution is 2.24. The lowest BCUT2D eigenvalue weighted by Gasteiger charge is -2.16. The van der Waals surface area contributed by atoms with Gasteiger partial charge in [0.1, 0.15) is 18.2 Å². The van der Waals surface area contributed by atoms with Gasteiger partial charge in [-0.1, -0.05) is 12.1 Å². The summed E-state index contributed by atoms with van der Waals surface area (Å²) in [6, 6.07) is 9.90. The highest BCUT2D eigenvalue weighted by molar-refractivity contribution is 5.76. The Morgan fingerprint density at radius 3 is 2.68 bits per heavy atom. The first-order valence-corrected chi connectivity index (χ1v) is 8.28. The van der Waals surface area contributed by atoms with Gasteiger partial charge in [-0.05, 0) is 26.0 Å². The fraction of sp³-hybridized carbons (Fsp3) is 0.389. The lowest BCUT2D eigenvalue weighted by atomic mass is 10.3. The number of benzene rings is 1. The summed E-state index contributed by atoms with van der Waals surface area (Å²) in [6.07, 6.45) is 0. The predicted molar refractivity (Wildman–Crippen MR) is 96.7 cm³/mol. The van der Waals surface area contributed by atoms with Crippen molar-refractivity contribution in [3.63, 3.8) is 0 Å². The molecule has 0 bridgehead atoms. The predicted octanol–water partition coefficient (Wildman–Crippen LogP) is 3.17. The maximum Gasteiger partial charge on any atom is 0.218 e. The third kappa shape index (κ3) is 3.56. The molecule has 0 spiro atoms. The van der Waals surface area contributed by atoms with Crippen LogP contribution < -0.4 is 10.1 Å². The second-order valence-electron chi connectivity index (χ2n) is 5.71. The molecule has 1 N–H and O–H groups in total. The van der Waals surface area contributed by atoms with Crippen LogP contribution in [0, 0.1) is 0 Å². The summed E-state index contributed by atoms with van der Waals surface area (Å²) in [5.41, 5.74) is 2.13. The van der Waals surface area contributed by atoms with E-state index in [1.54, 1.807) is 20.3 Å². The first kappa shape index (κ1) is 17.2. The molecule has 0 aliphatic rings. The van der Waals surface area contributed by atoms with E-state index in [0.717, 1.165) is 23.4 Å². The van der Waals surface area contributed by atoms with Gasteiger partial charge in [-0.2, -0.15) is 4.98 Å². The number of fused-ring (bicyclic) bond motifs is 1. The number of methoxy groups -OCH3 is 2. The summed E-state index contributed by atoms with van der Waals surface area (Å²) >= 11 is 0. The molecule has 3 rings (SSSR count). The second kappa shape index (κ2) is 7.48. The number of hydrogen-bond acceptors (Lipinski definition) is 6. The smallest absolute Gasteiger partial charge is 0.218 e. The molecule has 1 atom stereocenters. The van der Waals surface area contributed by atoms with E-state index in [-0.39, 0.29) is 6.04 Å². The molecule has 3 aromatic rings. The van der Waals surface area contributed by atoms with E-state index in [9.17, 15) is 0 Å². The Labute approximate surface area is 147 Å². The van der Waals surface area contributed by atoms with Gasteiger partial charge in [0.25, 0.3) is 0 Å². The highest BCUT2D eigenvalue weighted by Gasteiger charge is 2.17. The first-order valence-electron chi connectivity index (χ1n) is 8.28. The Bertz CT molecular complexity index is 862. The third-order valence-corrected chi connectivity index (χ3v) is 3.98. The topological polar surface area (TPSA) is 74.1 Å². The molecule has 7 nitrogen and oxygen atoms in total. The van der Waals surface area contributed by atoms with Gasteiger partial charge in [-0.25, -0.2) is 9.97 Å². The van der Waals surface area contributed by atoms with Crippen molar-refractivity contribution in [2.45, 2.75) is 33.0 Å². The molecule has 0 aliphatic carbocycles. The van der Waals surface area contributed by atoms with Crippen LogP contribution in [0.3, 0.4) is 0 Å². The minimum Gasteiger partial charge on any atom is -0.481 e. The molecule has 0 saturated heterocycles. The lowest BCUT2D eigenvalue weighted by Crippen LogP contribution is -2.15. The molecule has 0 amide bonds. The van der Waals surface area contributed by atoms with E-state index < -0.39 is 0 Å². The largest absolute Gasteiger partial charge is 0.481 e.